The molecule has 0 aliphatic carbocycles. The van der Waals surface area contributed by atoms with Gasteiger partial charge in [-0.05, 0) is 18.4 Å². The molecule has 0 saturated carbocycles. The van der Waals surface area contributed by atoms with Gasteiger partial charge in [0.05, 0.1) is 0 Å². The van der Waals surface area contributed by atoms with Crippen molar-refractivity contribution in [2.45, 2.75) is 38.3 Å². The van der Waals surface area contributed by atoms with Crippen molar-refractivity contribution in [3.8, 4) is 0 Å². The number of hydrogen-bond donors (Lipinski definition) is 5. The normalized spacial score (nSPS) is 12.5. The highest BCUT2D eigenvalue weighted by atomic mass is 16.4. The van der Waals surface area contributed by atoms with Crippen molar-refractivity contribution in [3.05, 3.63) is 35.9 Å². The first-order chi connectivity index (χ1) is 12.3. The van der Waals surface area contributed by atoms with Gasteiger partial charge in [0.1, 0.15) is 12.1 Å². The number of aliphatic carboxylic acids is 1. The molecule has 0 spiro atoms. The Morgan fingerprint density at radius 1 is 1.12 bits per heavy atom. The Morgan fingerprint density at radius 3 is 2.31 bits per heavy atom. The van der Waals surface area contributed by atoms with E-state index < -0.39 is 24.0 Å². The maximum absolute atomic E-state index is 12.4. The molecule has 26 heavy (non-hydrogen) atoms. The van der Waals surface area contributed by atoms with E-state index in [2.05, 4.69) is 15.6 Å². The summed E-state index contributed by atoms with van der Waals surface area (Å²) in [4.78, 5) is 39.1. The van der Waals surface area contributed by atoms with Gasteiger partial charge in [-0.1, -0.05) is 30.3 Å². The second-order valence-corrected chi connectivity index (χ2v) is 5.79. The zero-order valence-electron chi connectivity index (χ0n) is 14.6. The van der Waals surface area contributed by atoms with E-state index in [1.807, 2.05) is 6.07 Å². The predicted octanol–water partition coefficient (Wildman–Crippen LogP) is -0.643. The van der Waals surface area contributed by atoms with Gasteiger partial charge in [-0.15, -0.1) is 0 Å². The van der Waals surface area contributed by atoms with Gasteiger partial charge < -0.3 is 27.2 Å². The molecule has 1 aromatic carbocycles. The van der Waals surface area contributed by atoms with Crippen LogP contribution in [-0.4, -0.2) is 47.5 Å². The summed E-state index contributed by atoms with van der Waals surface area (Å²) in [6, 6.07) is 7.00. The SMILES string of the molecule is CC(=O)N[C@@H](CCCN=C(N)N)C(=O)N[C@@H](Cc1ccccc1)C(=O)O. The van der Waals surface area contributed by atoms with E-state index in [0.29, 0.717) is 13.0 Å². The molecular weight excluding hydrogens is 338 g/mol. The highest BCUT2D eigenvalue weighted by molar-refractivity contribution is 5.90. The van der Waals surface area contributed by atoms with Gasteiger partial charge in [0, 0.05) is 19.9 Å². The van der Waals surface area contributed by atoms with Gasteiger partial charge in [0.15, 0.2) is 5.96 Å². The highest BCUT2D eigenvalue weighted by Gasteiger charge is 2.25. The topological polar surface area (TPSA) is 160 Å². The van der Waals surface area contributed by atoms with E-state index >= 15 is 0 Å². The predicted molar refractivity (Wildman–Crippen MR) is 97.2 cm³/mol. The van der Waals surface area contributed by atoms with Crippen LogP contribution in [0.3, 0.4) is 0 Å². The Balaban J connectivity index is 2.72. The lowest BCUT2D eigenvalue weighted by molar-refractivity contribution is -0.142. The Bertz CT molecular complexity index is 644. The van der Waals surface area contributed by atoms with Gasteiger partial charge in [0.2, 0.25) is 11.8 Å². The Kier molecular flexibility index (Phi) is 8.62. The van der Waals surface area contributed by atoms with Gasteiger partial charge >= 0.3 is 5.97 Å². The van der Waals surface area contributed by atoms with E-state index in [-0.39, 0.29) is 24.7 Å². The van der Waals surface area contributed by atoms with E-state index in [1.165, 1.54) is 6.92 Å². The molecule has 0 aliphatic rings. The molecule has 0 unspecified atom stereocenters. The molecule has 0 bridgehead atoms. The molecule has 1 aromatic rings. The number of carboxylic acids is 1. The number of hydrogen-bond acceptors (Lipinski definition) is 4. The number of nitrogens with one attached hydrogen (secondary N) is 2. The van der Waals surface area contributed by atoms with E-state index in [0.717, 1.165) is 5.56 Å². The Labute approximate surface area is 151 Å². The molecule has 0 radical (unpaired) electrons. The quantitative estimate of drug-likeness (QED) is 0.211. The van der Waals surface area contributed by atoms with Crippen LogP contribution in [0.4, 0.5) is 0 Å². The number of carbonyl (C=O) groups is 3. The van der Waals surface area contributed by atoms with Crippen molar-refractivity contribution in [1.82, 2.24) is 10.6 Å². The largest absolute Gasteiger partial charge is 0.480 e. The average molecular weight is 363 g/mol. The number of carbonyl (C=O) groups excluding carboxylic acids is 2. The Hall–Kier alpha value is -3.10. The summed E-state index contributed by atoms with van der Waals surface area (Å²) in [7, 11) is 0. The number of rotatable bonds is 10. The van der Waals surface area contributed by atoms with E-state index in [1.54, 1.807) is 24.3 Å². The number of aliphatic imine (C=N–C) groups is 1. The van der Waals surface area contributed by atoms with Gasteiger partial charge in [-0.2, -0.15) is 0 Å². The fourth-order valence-electron chi connectivity index (χ4n) is 2.34. The van der Waals surface area contributed by atoms with Crippen LogP contribution >= 0.6 is 0 Å². The molecule has 2 amide bonds. The first-order valence-corrected chi connectivity index (χ1v) is 8.19. The second-order valence-electron chi connectivity index (χ2n) is 5.79. The summed E-state index contributed by atoms with van der Waals surface area (Å²) < 4.78 is 0. The monoisotopic (exact) mass is 363 g/mol. The van der Waals surface area contributed by atoms with Crippen LogP contribution < -0.4 is 22.1 Å². The third-order valence-electron chi connectivity index (χ3n) is 3.54. The van der Waals surface area contributed by atoms with Crippen LogP contribution in [0.15, 0.2) is 35.3 Å². The molecule has 9 heteroatoms. The maximum atomic E-state index is 12.4. The van der Waals surface area contributed by atoms with Crippen molar-refractivity contribution in [2.24, 2.45) is 16.5 Å². The number of benzene rings is 1. The molecule has 0 fully saturated rings. The molecular formula is C17H25N5O4. The molecule has 0 heterocycles. The zero-order chi connectivity index (χ0) is 19.5. The smallest absolute Gasteiger partial charge is 0.326 e. The summed E-state index contributed by atoms with van der Waals surface area (Å²) in [5, 5.41) is 14.4. The van der Waals surface area contributed by atoms with Crippen molar-refractivity contribution in [2.75, 3.05) is 6.54 Å². The van der Waals surface area contributed by atoms with Crippen molar-refractivity contribution >= 4 is 23.7 Å². The maximum Gasteiger partial charge on any atom is 0.326 e. The van der Waals surface area contributed by atoms with Crippen LogP contribution in [0.2, 0.25) is 0 Å². The summed E-state index contributed by atoms with van der Waals surface area (Å²) in [6.45, 7) is 1.59. The van der Waals surface area contributed by atoms with Crippen LogP contribution in [-0.2, 0) is 20.8 Å². The minimum atomic E-state index is -1.15. The van der Waals surface area contributed by atoms with E-state index in [9.17, 15) is 19.5 Å². The molecule has 9 nitrogen and oxygen atoms in total. The van der Waals surface area contributed by atoms with Crippen molar-refractivity contribution in [1.29, 1.82) is 0 Å². The highest BCUT2D eigenvalue weighted by Crippen LogP contribution is 2.05. The summed E-state index contributed by atoms with van der Waals surface area (Å²) in [5.74, 6) is -2.15. The molecule has 1 rings (SSSR count). The Morgan fingerprint density at radius 2 is 1.77 bits per heavy atom. The standard InChI is InChI=1S/C17H25N5O4/c1-11(23)21-13(8-5-9-20-17(18)19)15(24)22-14(16(25)26)10-12-6-3-2-4-7-12/h2-4,6-7,13-14H,5,8-10H2,1H3,(H,21,23)(H,22,24)(H,25,26)(H4,18,19,20)/t13-,14-/m0/s1. The van der Waals surface area contributed by atoms with E-state index in [4.69, 9.17) is 11.5 Å². The van der Waals surface area contributed by atoms with Crippen molar-refractivity contribution in [3.63, 3.8) is 0 Å². The average Bonchev–Trinajstić information content (AvgIpc) is 2.57. The molecule has 7 N–H and O–H groups in total. The third-order valence-corrected chi connectivity index (χ3v) is 3.54. The molecule has 0 aliphatic heterocycles. The number of amides is 2. The summed E-state index contributed by atoms with van der Waals surface area (Å²) >= 11 is 0. The van der Waals surface area contributed by atoms with Gasteiger partial charge in [-0.25, -0.2) is 4.79 Å². The molecule has 142 valence electrons. The third kappa shape index (κ3) is 8.13. The molecule has 0 saturated heterocycles. The lowest BCUT2D eigenvalue weighted by atomic mass is 10.0. The minimum absolute atomic E-state index is 0.0562. The van der Waals surface area contributed by atoms with Gasteiger partial charge in [0.25, 0.3) is 0 Å². The van der Waals surface area contributed by atoms with Crippen LogP contribution in [0.5, 0.6) is 0 Å². The lowest BCUT2D eigenvalue weighted by Gasteiger charge is -2.21. The fraction of sp³-hybridized carbons (Fsp3) is 0.412. The minimum Gasteiger partial charge on any atom is -0.480 e. The van der Waals surface area contributed by atoms with Crippen LogP contribution in [0.1, 0.15) is 25.3 Å². The summed E-state index contributed by atoms with van der Waals surface area (Å²) in [6.07, 6.45) is 0.870. The number of nitrogens with zero attached hydrogens (tertiary/aromatic N) is 1. The lowest BCUT2D eigenvalue weighted by Crippen LogP contribution is -2.52. The van der Waals surface area contributed by atoms with Crippen LogP contribution in [0.25, 0.3) is 0 Å². The van der Waals surface area contributed by atoms with Gasteiger partial charge in [-0.3, -0.25) is 14.6 Å². The first kappa shape index (κ1) is 20.9. The first-order valence-electron chi connectivity index (χ1n) is 8.19. The second kappa shape index (κ2) is 10.7. The van der Waals surface area contributed by atoms with Crippen LogP contribution in [0, 0.1) is 0 Å². The molecule has 0 aromatic heterocycles. The van der Waals surface area contributed by atoms with Crippen molar-refractivity contribution < 1.29 is 19.5 Å². The number of carboxylic acid groups (broad SMARTS) is 1. The number of guanidine groups is 1. The molecule has 2 atom stereocenters. The summed E-state index contributed by atoms with van der Waals surface area (Å²) in [5.41, 5.74) is 11.3. The fourth-order valence-corrected chi connectivity index (χ4v) is 2.34. The number of nitrogens with two attached hydrogens (primary N) is 2. The zero-order valence-corrected chi connectivity index (χ0v) is 14.6.